The van der Waals surface area contributed by atoms with E-state index in [1.807, 2.05) is 0 Å². The van der Waals surface area contributed by atoms with Crippen molar-refractivity contribution in [2.45, 2.75) is 18.9 Å². The molecule has 3 rings (SSSR count). The minimum absolute atomic E-state index is 0.0707. The molecule has 1 aromatic heterocycles. The monoisotopic (exact) mass is 333 g/mol. The Bertz CT molecular complexity index is 816. The summed E-state index contributed by atoms with van der Waals surface area (Å²) in [5.41, 5.74) is -0.823. The van der Waals surface area contributed by atoms with Gasteiger partial charge in [0.15, 0.2) is 0 Å². The molecule has 2 N–H and O–H groups in total. The molecular formula is C16H16FN3O4. The fourth-order valence-electron chi connectivity index (χ4n) is 2.87. The molecule has 2 heterocycles. The first-order chi connectivity index (χ1) is 11.5. The molecule has 0 radical (unpaired) electrons. The number of halogens is 1. The fraction of sp³-hybridized carbons (Fsp3) is 0.312. The van der Waals surface area contributed by atoms with E-state index >= 15 is 0 Å². The number of benzene rings is 1. The van der Waals surface area contributed by atoms with Crippen molar-refractivity contribution < 1.29 is 19.0 Å². The van der Waals surface area contributed by atoms with Gasteiger partial charge in [0, 0.05) is 6.54 Å². The largest absolute Gasteiger partial charge is 0.507 e. The maximum atomic E-state index is 13.9. The van der Waals surface area contributed by atoms with Crippen molar-refractivity contribution in [2.75, 3.05) is 13.7 Å². The van der Waals surface area contributed by atoms with E-state index in [2.05, 4.69) is 9.97 Å². The van der Waals surface area contributed by atoms with Gasteiger partial charge in [0.2, 0.25) is 5.75 Å². The highest BCUT2D eigenvalue weighted by Crippen LogP contribution is 2.33. The molecular weight excluding hydrogens is 317 g/mol. The van der Waals surface area contributed by atoms with Crippen LogP contribution in [0.2, 0.25) is 0 Å². The van der Waals surface area contributed by atoms with Gasteiger partial charge in [-0.3, -0.25) is 9.59 Å². The SMILES string of the molecule is COc1cnc(C2CCCN2C(=O)c2c(O)cccc2F)[nH]c1=O. The van der Waals surface area contributed by atoms with Gasteiger partial charge in [0.25, 0.3) is 11.5 Å². The molecule has 7 nitrogen and oxygen atoms in total. The molecule has 0 saturated carbocycles. The number of hydrogen-bond donors (Lipinski definition) is 2. The number of carbonyl (C=O) groups excluding carboxylic acids is 1. The second-order valence-corrected chi connectivity index (χ2v) is 5.46. The minimum Gasteiger partial charge on any atom is -0.507 e. The van der Waals surface area contributed by atoms with Crippen molar-refractivity contribution in [3.63, 3.8) is 0 Å². The van der Waals surface area contributed by atoms with E-state index in [4.69, 9.17) is 4.74 Å². The maximum absolute atomic E-state index is 13.9. The summed E-state index contributed by atoms with van der Waals surface area (Å²) in [4.78, 5) is 32.7. The second-order valence-electron chi connectivity index (χ2n) is 5.46. The molecule has 1 aromatic carbocycles. The molecule has 2 aromatic rings. The summed E-state index contributed by atoms with van der Waals surface area (Å²) < 4.78 is 18.8. The topological polar surface area (TPSA) is 95.5 Å². The van der Waals surface area contributed by atoms with Gasteiger partial charge in [-0.2, -0.15) is 0 Å². The third-order valence-electron chi connectivity index (χ3n) is 4.04. The van der Waals surface area contributed by atoms with E-state index in [0.29, 0.717) is 25.2 Å². The molecule has 1 fully saturated rings. The van der Waals surface area contributed by atoms with Crippen molar-refractivity contribution in [1.29, 1.82) is 0 Å². The summed E-state index contributed by atoms with van der Waals surface area (Å²) >= 11 is 0. The Balaban J connectivity index is 1.95. The number of methoxy groups -OCH3 is 1. The van der Waals surface area contributed by atoms with Gasteiger partial charge in [0.05, 0.1) is 19.3 Å². The smallest absolute Gasteiger partial charge is 0.293 e. The number of nitrogens with zero attached hydrogens (tertiary/aromatic N) is 2. The summed E-state index contributed by atoms with van der Waals surface area (Å²) in [6.45, 7) is 0.382. The number of rotatable bonds is 3. The molecule has 0 spiro atoms. The number of aromatic amines is 1. The Morgan fingerprint density at radius 2 is 2.29 bits per heavy atom. The summed E-state index contributed by atoms with van der Waals surface area (Å²) in [5.74, 6) is -1.46. The molecule has 0 bridgehead atoms. The Labute approximate surface area is 136 Å². The first-order valence-corrected chi connectivity index (χ1v) is 7.44. The van der Waals surface area contributed by atoms with Gasteiger partial charge in [0.1, 0.15) is 23.0 Å². The number of hydrogen-bond acceptors (Lipinski definition) is 5. The first-order valence-electron chi connectivity index (χ1n) is 7.44. The normalized spacial score (nSPS) is 17.1. The average Bonchev–Trinajstić information content (AvgIpc) is 3.04. The summed E-state index contributed by atoms with van der Waals surface area (Å²) in [6.07, 6.45) is 2.55. The van der Waals surface area contributed by atoms with E-state index in [1.165, 1.54) is 30.3 Å². The van der Waals surface area contributed by atoms with Crippen LogP contribution in [0, 0.1) is 5.82 Å². The number of ether oxygens (including phenoxy) is 1. The van der Waals surface area contributed by atoms with E-state index in [-0.39, 0.29) is 11.3 Å². The van der Waals surface area contributed by atoms with Crippen LogP contribution in [0.25, 0.3) is 0 Å². The zero-order chi connectivity index (χ0) is 17.3. The number of phenols is 1. The quantitative estimate of drug-likeness (QED) is 0.889. The molecule has 1 amide bonds. The van der Waals surface area contributed by atoms with Gasteiger partial charge in [-0.1, -0.05) is 6.07 Å². The number of H-pyrrole nitrogens is 1. The summed E-state index contributed by atoms with van der Waals surface area (Å²) in [5, 5.41) is 9.81. The second kappa shape index (κ2) is 6.31. The van der Waals surface area contributed by atoms with Crippen LogP contribution in [0.3, 0.4) is 0 Å². The zero-order valence-electron chi connectivity index (χ0n) is 13.0. The standard InChI is InChI=1S/C16H16FN3O4/c1-24-12-8-18-14(19-15(12)22)10-5-3-7-20(10)16(23)13-9(17)4-2-6-11(13)21/h2,4,6,8,10,21H,3,5,7H2,1H3,(H,18,19,22). The molecule has 1 aliphatic rings. The highest BCUT2D eigenvalue weighted by atomic mass is 19.1. The van der Waals surface area contributed by atoms with Crippen LogP contribution in [-0.4, -0.2) is 39.5 Å². The number of amides is 1. The van der Waals surface area contributed by atoms with Crippen LogP contribution >= 0.6 is 0 Å². The predicted octanol–water partition coefficient (Wildman–Crippen LogP) is 1.60. The molecule has 1 aliphatic heterocycles. The van der Waals surface area contributed by atoms with Gasteiger partial charge in [-0.15, -0.1) is 0 Å². The molecule has 24 heavy (non-hydrogen) atoms. The zero-order valence-corrected chi connectivity index (χ0v) is 13.0. The van der Waals surface area contributed by atoms with E-state index in [1.54, 1.807) is 0 Å². The highest BCUT2D eigenvalue weighted by Gasteiger charge is 2.34. The fourth-order valence-corrected chi connectivity index (χ4v) is 2.87. The highest BCUT2D eigenvalue weighted by molar-refractivity contribution is 5.97. The van der Waals surface area contributed by atoms with Crippen LogP contribution in [0.15, 0.2) is 29.2 Å². The van der Waals surface area contributed by atoms with Gasteiger partial charge in [-0.25, -0.2) is 9.37 Å². The maximum Gasteiger partial charge on any atom is 0.293 e. The number of phenolic OH excluding ortho intramolecular Hbond substituents is 1. The lowest BCUT2D eigenvalue weighted by molar-refractivity contribution is 0.0721. The third kappa shape index (κ3) is 2.70. The lowest BCUT2D eigenvalue weighted by Gasteiger charge is -2.24. The van der Waals surface area contributed by atoms with Crippen LogP contribution in [0.1, 0.15) is 35.1 Å². The summed E-state index contributed by atoms with van der Waals surface area (Å²) in [6, 6.07) is 3.21. The Morgan fingerprint density at radius 3 is 2.96 bits per heavy atom. The predicted molar refractivity (Wildman–Crippen MR) is 82.5 cm³/mol. The third-order valence-corrected chi connectivity index (χ3v) is 4.04. The number of carbonyl (C=O) groups is 1. The van der Waals surface area contributed by atoms with Crippen LogP contribution < -0.4 is 10.3 Å². The summed E-state index contributed by atoms with van der Waals surface area (Å²) in [7, 11) is 1.36. The first kappa shape index (κ1) is 16.0. The van der Waals surface area contributed by atoms with Crippen LogP contribution in [0.4, 0.5) is 4.39 Å². The lowest BCUT2D eigenvalue weighted by Crippen LogP contribution is -2.33. The van der Waals surface area contributed by atoms with E-state index in [0.717, 1.165) is 6.07 Å². The Hall–Kier alpha value is -2.90. The van der Waals surface area contributed by atoms with Gasteiger partial charge in [-0.05, 0) is 25.0 Å². The van der Waals surface area contributed by atoms with Crippen LogP contribution in [-0.2, 0) is 0 Å². The Kier molecular flexibility index (Phi) is 4.20. The van der Waals surface area contributed by atoms with Crippen molar-refractivity contribution in [1.82, 2.24) is 14.9 Å². The molecule has 126 valence electrons. The van der Waals surface area contributed by atoms with E-state index < -0.39 is 29.1 Å². The van der Waals surface area contributed by atoms with Crippen molar-refractivity contribution in [2.24, 2.45) is 0 Å². The minimum atomic E-state index is -0.790. The average molecular weight is 333 g/mol. The lowest BCUT2D eigenvalue weighted by atomic mass is 10.1. The number of aromatic hydroxyl groups is 1. The molecule has 1 unspecified atom stereocenters. The Morgan fingerprint density at radius 1 is 1.50 bits per heavy atom. The van der Waals surface area contributed by atoms with E-state index in [9.17, 15) is 19.1 Å². The molecule has 1 saturated heterocycles. The molecule has 8 heteroatoms. The van der Waals surface area contributed by atoms with Crippen molar-refractivity contribution in [3.8, 4) is 11.5 Å². The number of likely N-dealkylation sites (tertiary alicyclic amines) is 1. The molecule has 1 atom stereocenters. The van der Waals surface area contributed by atoms with Gasteiger partial charge >= 0.3 is 0 Å². The molecule has 0 aliphatic carbocycles. The van der Waals surface area contributed by atoms with Crippen LogP contribution in [0.5, 0.6) is 11.5 Å². The number of nitrogens with one attached hydrogen (secondary N) is 1. The van der Waals surface area contributed by atoms with Gasteiger partial charge < -0.3 is 19.7 Å². The van der Waals surface area contributed by atoms with Crippen molar-refractivity contribution >= 4 is 5.91 Å². The van der Waals surface area contributed by atoms with Crippen molar-refractivity contribution in [3.05, 3.63) is 52.0 Å². The number of aromatic nitrogens is 2.